The smallest absolute Gasteiger partial charge is 0.244 e. The second-order valence-corrected chi connectivity index (χ2v) is 7.05. The first-order valence-electron chi connectivity index (χ1n) is 7.53. The van der Waals surface area contributed by atoms with Crippen molar-refractivity contribution in [2.24, 2.45) is 0 Å². The lowest BCUT2D eigenvalue weighted by Crippen LogP contribution is -2.38. The van der Waals surface area contributed by atoms with Crippen LogP contribution in [0.1, 0.15) is 30.4 Å². The Morgan fingerprint density at radius 3 is 2.86 bits per heavy atom. The van der Waals surface area contributed by atoms with Gasteiger partial charge in [-0.05, 0) is 48.3 Å². The number of aryl methyl sites for hydroxylation is 1. The highest BCUT2D eigenvalue weighted by Gasteiger charge is 2.36. The van der Waals surface area contributed by atoms with Crippen LogP contribution in [0.25, 0.3) is 0 Å². The topological polar surface area (TPSA) is 49.3 Å². The second-order valence-electron chi connectivity index (χ2n) is 5.82. The van der Waals surface area contributed by atoms with Crippen molar-refractivity contribution in [1.82, 2.24) is 5.32 Å². The normalized spacial score (nSPS) is 24.5. The highest BCUT2D eigenvalue weighted by molar-refractivity contribution is 7.99. The van der Waals surface area contributed by atoms with Crippen molar-refractivity contribution in [3.8, 4) is 0 Å². The number of aliphatic hydroxyl groups is 1. The van der Waals surface area contributed by atoms with Crippen molar-refractivity contribution in [3.63, 3.8) is 0 Å². The third-order valence-electron chi connectivity index (χ3n) is 4.35. The summed E-state index contributed by atoms with van der Waals surface area (Å²) in [5.41, 5.74) is 2.47. The van der Waals surface area contributed by atoms with E-state index in [0.717, 1.165) is 36.3 Å². The van der Waals surface area contributed by atoms with E-state index in [2.05, 4.69) is 11.4 Å². The number of carbonyl (C=O) groups excluding carboxylic acids is 1. The lowest BCUT2D eigenvalue weighted by Gasteiger charge is -2.24. The number of rotatable bonds is 3. The van der Waals surface area contributed by atoms with Crippen molar-refractivity contribution < 1.29 is 9.90 Å². The molecule has 0 bridgehead atoms. The second kappa shape index (κ2) is 6.24. The molecule has 1 fully saturated rings. The van der Waals surface area contributed by atoms with Gasteiger partial charge in [0.1, 0.15) is 5.60 Å². The minimum atomic E-state index is -0.910. The highest BCUT2D eigenvalue weighted by atomic mass is 32.2. The zero-order valence-corrected chi connectivity index (χ0v) is 12.9. The van der Waals surface area contributed by atoms with Gasteiger partial charge in [0, 0.05) is 6.08 Å². The zero-order chi connectivity index (χ0) is 14.7. The van der Waals surface area contributed by atoms with Gasteiger partial charge in [0.2, 0.25) is 5.91 Å². The molecule has 1 aromatic carbocycles. The van der Waals surface area contributed by atoms with Gasteiger partial charge >= 0.3 is 0 Å². The lowest BCUT2D eigenvalue weighted by atomic mass is 9.96. The van der Waals surface area contributed by atoms with E-state index in [1.165, 1.54) is 11.1 Å². The van der Waals surface area contributed by atoms with E-state index in [1.54, 1.807) is 6.08 Å². The first-order valence-corrected chi connectivity index (χ1v) is 8.69. The average Bonchev–Trinajstić information content (AvgIpc) is 2.85. The first-order chi connectivity index (χ1) is 10.2. The van der Waals surface area contributed by atoms with Crippen LogP contribution in [0.4, 0.5) is 0 Å². The van der Waals surface area contributed by atoms with E-state index in [1.807, 2.05) is 30.0 Å². The van der Waals surface area contributed by atoms with E-state index >= 15 is 0 Å². The van der Waals surface area contributed by atoms with Crippen molar-refractivity contribution >= 4 is 17.7 Å². The predicted molar refractivity (Wildman–Crippen MR) is 86.3 cm³/mol. The van der Waals surface area contributed by atoms with Crippen LogP contribution in [0.2, 0.25) is 0 Å². The van der Waals surface area contributed by atoms with Gasteiger partial charge in [-0.3, -0.25) is 4.79 Å². The van der Waals surface area contributed by atoms with Gasteiger partial charge in [0.15, 0.2) is 0 Å². The monoisotopic (exact) mass is 303 g/mol. The van der Waals surface area contributed by atoms with Gasteiger partial charge in [-0.2, -0.15) is 11.8 Å². The fourth-order valence-corrected chi connectivity index (χ4v) is 4.12. The van der Waals surface area contributed by atoms with Crippen molar-refractivity contribution in [2.75, 3.05) is 18.1 Å². The lowest BCUT2D eigenvalue weighted by molar-refractivity contribution is -0.117. The maximum absolute atomic E-state index is 12.0. The Hall–Kier alpha value is -1.26. The summed E-state index contributed by atoms with van der Waals surface area (Å²) < 4.78 is 0. The molecule has 1 aromatic rings. The third-order valence-corrected chi connectivity index (χ3v) is 5.34. The Labute approximate surface area is 129 Å². The fraction of sp³-hybridized carbons (Fsp3) is 0.471. The minimum Gasteiger partial charge on any atom is -0.383 e. The zero-order valence-electron chi connectivity index (χ0n) is 12.1. The molecule has 2 aliphatic rings. The number of hydrogen-bond acceptors (Lipinski definition) is 3. The van der Waals surface area contributed by atoms with E-state index in [0.29, 0.717) is 13.0 Å². The minimum absolute atomic E-state index is 0.0743. The summed E-state index contributed by atoms with van der Waals surface area (Å²) in [6.45, 7) is 0.293. The molecular weight excluding hydrogens is 282 g/mol. The van der Waals surface area contributed by atoms with Crippen LogP contribution in [-0.4, -0.2) is 29.1 Å². The molecule has 0 aromatic heterocycles. The van der Waals surface area contributed by atoms with E-state index in [4.69, 9.17) is 0 Å². The molecule has 1 saturated heterocycles. The highest BCUT2D eigenvalue weighted by Crippen LogP contribution is 2.36. The molecule has 1 unspecified atom stereocenters. The molecule has 1 amide bonds. The molecule has 21 heavy (non-hydrogen) atoms. The third kappa shape index (κ3) is 3.33. The summed E-state index contributed by atoms with van der Waals surface area (Å²) in [6, 6.07) is 7.95. The molecule has 4 heteroatoms. The molecule has 0 spiro atoms. The maximum Gasteiger partial charge on any atom is 0.244 e. The number of nitrogens with one attached hydrogen (secondary N) is 1. The van der Waals surface area contributed by atoms with Crippen molar-refractivity contribution in [2.45, 2.75) is 31.3 Å². The molecule has 1 atom stereocenters. The number of benzene rings is 1. The summed E-state index contributed by atoms with van der Waals surface area (Å²) in [5.74, 6) is 2.14. The molecular formula is C17H21NO2S. The SMILES string of the molecule is O=C(C=C1CCSCC1)NCC1(O)CCc2ccccc21. The molecule has 0 saturated carbocycles. The number of amides is 1. The quantitative estimate of drug-likeness (QED) is 0.843. The number of allylic oxidation sites excluding steroid dienone is 1. The summed E-state index contributed by atoms with van der Waals surface area (Å²) in [6.07, 6.45) is 5.29. The van der Waals surface area contributed by atoms with Crippen LogP contribution < -0.4 is 5.32 Å². The Kier molecular flexibility index (Phi) is 4.36. The summed E-state index contributed by atoms with van der Waals surface area (Å²) in [4.78, 5) is 12.0. The fourth-order valence-electron chi connectivity index (χ4n) is 3.10. The number of fused-ring (bicyclic) bond motifs is 1. The predicted octanol–water partition coefficient (Wildman–Crippen LogP) is 2.39. The van der Waals surface area contributed by atoms with E-state index in [-0.39, 0.29) is 5.91 Å². The van der Waals surface area contributed by atoms with Gasteiger partial charge in [0.25, 0.3) is 0 Å². The first kappa shape index (κ1) is 14.7. The summed E-state index contributed by atoms with van der Waals surface area (Å²) in [5, 5.41) is 13.6. The molecule has 3 nitrogen and oxygen atoms in total. The van der Waals surface area contributed by atoms with Crippen LogP contribution >= 0.6 is 11.8 Å². The van der Waals surface area contributed by atoms with Crippen LogP contribution in [0, 0.1) is 0 Å². The summed E-state index contributed by atoms with van der Waals surface area (Å²) in [7, 11) is 0. The van der Waals surface area contributed by atoms with Crippen LogP contribution in [0.5, 0.6) is 0 Å². The van der Waals surface area contributed by atoms with E-state index in [9.17, 15) is 9.90 Å². The van der Waals surface area contributed by atoms with Gasteiger partial charge in [0.05, 0.1) is 6.54 Å². The Balaban J connectivity index is 1.61. The molecule has 1 heterocycles. The van der Waals surface area contributed by atoms with Crippen molar-refractivity contribution in [1.29, 1.82) is 0 Å². The van der Waals surface area contributed by atoms with Crippen molar-refractivity contribution in [3.05, 3.63) is 47.0 Å². The van der Waals surface area contributed by atoms with Gasteiger partial charge in [-0.15, -0.1) is 0 Å². The van der Waals surface area contributed by atoms with E-state index < -0.39 is 5.60 Å². The largest absolute Gasteiger partial charge is 0.383 e. The Morgan fingerprint density at radius 1 is 1.29 bits per heavy atom. The molecule has 1 aliphatic carbocycles. The van der Waals surface area contributed by atoms with Gasteiger partial charge < -0.3 is 10.4 Å². The standard InChI is InChI=1S/C17H21NO2S/c19-16(11-13-6-9-21-10-7-13)18-12-17(20)8-5-14-3-1-2-4-15(14)17/h1-4,11,20H,5-10,12H2,(H,18,19). The van der Waals surface area contributed by atoms with Crippen LogP contribution in [0.3, 0.4) is 0 Å². The molecule has 3 rings (SSSR count). The molecule has 2 N–H and O–H groups in total. The average molecular weight is 303 g/mol. The summed E-state index contributed by atoms with van der Waals surface area (Å²) >= 11 is 1.94. The number of hydrogen-bond donors (Lipinski definition) is 2. The number of carbonyl (C=O) groups is 1. The maximum atomic E-state index is 12.0. The van der Waals surface area contributed by atoms with Crippen LogP contribution in [0.15, 0.2) is 35.9 Å². The molecule has 0 radical (unpaired) electrons. The number of thioether (sulfide) groups is 1. The van der Waals surface area contributed by atoms with Gasteiger partial charge in [-0.1, -0.05) is 29.8 Å². The van der Waals surface area contributed by atoms with Crippen LogP contribution in [-0.2, 0) is 16.8 Å². The Bertz CT molecular complexity index is 562. The molecule has 112 valence electrons. The Morgan fingerprint density at radius 2 is 2.05 bits per heavy atom. The molecule has 1 aliphatic heterocycles. The van der Waals surface area contributed by atoms with Gasteiger partial charge in [-0.25, -0.2) is 0 Å².